The lowest BCUT2D eigenvalue weighted by Crippen LogP contribution is -1.85. The molecular weight excluding hydrogens is 507 g/mol. The monoisotopic (exact) mass is 527 g/mol. The largest absolute Gasteiger partial charge is 0.436 e. The van der Waals surface area contributed by atoms with Crippen LogP contribution in [0.25, 0.3) is 66.7 Å². The maximum absolute atomic E-state index is 13.6. The first-order valence-electron chi connectivity index (χ1n) is 12.8. The first-order valence-corrected chi connectivity index (χ1v) is 12.8. The van der Waals surface area contributed by atoms with Gasteiger partial charge in [0.05, 0.1) is 0 Å². The fourth-order valence-electron chi connectivity index (χ4n) is 5.01. The van der Waals surface area contributed by atoms with Crippen LogP contribution in [-0.2, 0) is 0 Å². The van der Waals surface area contributed by atoms with E-state index in [2.05, 4.69) is 41.4 Å². The van der Waals surface area contributed by atoms with Crippen molar-refractivity contribution >= 4 is 21.9 Å². The molecule has 6 aromatic carbocycles. The molecule has 0 unspecified atom stereocenters. The summed E-state index contributed by atoms with van der Waals surface area (Å²) in [6.45, 7) is 0. The number of rotatable bonds is 4. The zero-order valence-electron chi connectivity index (χ0n) is 21.0. The van der Waals surface area contributed by atoms with Crippen LogP contribution < -0.4 is 0 Å². The van der Waals surface area contributed by atoms with Crippen LogP contribution in [0, 0.1) is 17.5 Å². The van der Waals surface area contributed by atoms with Crippen LogP contribution in [0.15, 0.2) is 126 Å². The molecule has 0 atom stereocenters. The van der Waals surface area contributed by atoms with Gasteiger partial charge in [-0.05, 0) is 92.7 Å². The van der Waals surface area contributed by atoms with Gasteiger partial charge in [-0.25, -0.2) is 18.2 Å². The molecule has 40 heavy (non-hydrogen) atoms. The molecule has 1 heterocycles. The third kappa shape index (κ3) is 4.52. The summed E-state index contributed by atoms with van der Waals surface area (Å²) in [4.78, 5) is 4.46. The first kappa shape index (κ1) is 23.9. The molecule has 0 aliphatic rings. The molecule has 0 N–H and O–H groups in total. The Balaban J connectivity index is 1.14. The van der Waals surface area contributed by atoms with Gasteiger partial charge in [0, 0.05) is 17.7 Å². The summed E-state index contributed by atoms with van der Waals surface area (Å²) in [6, 6.07) is 36.1. The van der Waals surface area contributed by atoms with Crippen molar-refractivity contribution in [3.63, 3.8) is 0 Å². The van der Waals surface area contributed by atoms with E-state index < -0.39 is 11.6 Å². The normalized spacial score (nSPS) is 11.4. The molecule has 1 aromatic heterocycles. The predicted molar refractivity (Wildman–Crippen MR) is 153 cm³/mol. The molecule has 192 valence electrons. The molecule has 0 bridgehead atoms. The number of hydrogen-bond donors (Lipinski definition) is 0. The van der Waals surface area contributed by atoms with E-state index in [9.17, 15) is 13.2 Å². The lowest BCUT2D eigenvalue weighted by Gasteiger charge is -2.09. The third-order valence-electron chi connectivity index (χ3n) is 7.07. The third-order valence-corrected chi connectivity index (χ3v) is 7.07. The quantitative estimate of drug-likeness (QED) is 0.228. The Bertz CT molecular complexity index is 2010. The summed E-state index contributed by atoms with van der Waals surface area (Å²) in [5, 5.41) is 2.21. The number of hydrogen-bond acceptors (Lipinski definition) is 2. The number of aromatic nitrogens is 1. The highest BCUT2D eigenvalue weighted by Gasteiger charge is 2.10. The summed E-state index contributed by atoms with van der Waals surface area (Å²) in [5.74, 6) is -1.09. The number of fused-ring (bicyclic) bond motifs is 2. The van der Waals surface area contributed by atoms with E-state index >= 15 is 0 Å². The maximum Gasteiger partial charge on any atom is 0.227 e. The highest BCUT2D eigenvalue weighted by atomic mass is 19.1. The Morgan fingerprint density at radius 2 is 0.900 bits per heavy atom. The Morgan fingerprint density at radius 1 is 0.400 bits per heavy atom. The minimum atomic E-state index is -0.593. The zero-order chi connectivity index (χ0) is 27.2. The average molecular weight is 528 g/mol. The molecule has 7 aromatic rings. The van der Waals surface area contributed by atoms with Crippen molar-refractivity contribution in [2.75, 3.05) is 0 Å². The van der Waals surface area contributed by atoms with Crippen LogP contribution in [0.3, 0.4) is 0 Å². The van der Waals surface area contributed by atoms with Crippen molar-refractivity contribution in [3.8, 4) is 44.8 Å². The van der Waals surface area contributed by atoms with Gasteiger partial charge in [-0.1, -0.05) is 60.7 Å². The van der Waals surface area contributed by atoms with Crippen LogP contribution >= 0.6 is 0 Å². The topological polar surface area (TPSA) is 26.0 Å². The lowest BCUT2D eigenvalue weighted by atomic mass is 9.96. The molecule has 2 nitrogen and oxygen atoms in total. The van der Waals surface area contributed by atoms with Gasteiger partial charge in [0.25, 0.3) is 0 Å². The molecule has 0 amide bonds. The molecule has 0 saturated heterocycles. The SMILES string of the molecule is Fc1cc(F)cc(-c2ccc(-c3ccc4cc(-c5ccc(-c6nc7ccc(F)cc7o6)cc5)ccc4c3)cc2)c1. The van der Waals surface area contributed by atoms with E-state index in [4.69, 9.17) is 4.42 Å². The van der Waals surface area contributed by atoms with Crippen LogP contribution in [0.1, 0.15) is 0 Å². The standard InChI is InChI=1S/C35H20F3NO/c36-30-13-14-33-34(20-30)40-35(39-33)24-7-5-22(6-8-24)26-10-12-27-15-25(9-11-28(27)16-26)21-1-3-23(4-2-21)29-17-31(37)19-32(38)18-29/h1-20H. The van der Waals surface area contributed by atoms with E-state index in [0.29, 0.717) is 22.6 Å². The van der Waals surface area contributed by atoms with Crippen molar-refractivity contribution < 1.29 is 17.6 Å². The Kier molecular flexibility index (Phi) is 5.71. The molecule has 0 aliphatic heterocycles. The highest BCUT2D eigenvalue weighted by Crippen LogP contribution is 2.32. The predicted octanol–water partition coefficient (Wildman–Crippen LogP) is 10.1. The molecule has 0 radical (unpaired) electrons. The second-order valence-electron chi connectivity index (χ2n) is 9.72. The van der Waals surface area contributed by atoms with E-state index in [0.717, 1.165) is 50.2 Å². The number of benzene rings is 6. The Morgan fingerprint density at radius 3 is 1.48 bits per heavy atom. The zero-order valence-corrected chi connectivity index (χ0v) is 21.0. The van der Waals surface area contributed by atoms with Gasteiger partial charge >= 0.3 is 0 Å². The molecule has 0 spiro atoms. The van der Waals surface area contributed by atoms with Crippen LogP contribution in [0.5, 0.6) is 0 Å². The van der Waals surface area contributed by atoms with E-state index in [1.807, 2.05) is 48.5 Å². The van der Waals surface area contributed by atoms with Gasteiger partial charge in [-0.2, -0.15) is 0 Å². The van der Waals surface area contributed by atoms with Crippen LogP contribution in [0.4, 0.5) is 13.2 Å². The van der Waals surface area contributed by atoms with Crippen molar-refractivity contribution in [2.24, 2.45) is 0 Å². The van der Waals surface area contributed by atoms with Gasteiger partial charge in [-0.15, -0.1) is 0 Å². The lowest BCUT2D eigenvalue weighted by molar-refractivity contribution is 0.584. The van der Waals surface area contributed by atoms with Crippen molar-refractivity contribution in [1.29, 1.82) is 0 Å². The van der Waals surface area contributed by atoms with Crippen molar-refractivity contribution in [1.82, 2.24) is 4.98 Å². The van der Waals surface area contributed by atoms with Gasteiger partial charge in [0.1, 0.15) is 23.0 Å². The molecule has 0 aliphatic carbocycles. The molecule has 0 saturated carbocycles. The summed E-state index contributed by atoms with van der Waals surface area (Å²) in [6.07, 6.45) is 0. The smallest absolute Gasteiger partial charge is 0.227 e. The number of oxazole rings is 1. The van der Waals surface area contributed by atoms with Crippen LogP contribution in [0.2, 0.25) is 0 Å². The molecule has 0 fully saturated rings. The summed E-state index contributed by atoms with van der Waals surface area (Å²) < 4.78 is 46.5. The minimum absolute atomic E-state index is 0.356. The summed E-state index contributed by atoms with van der Waals surface area (Å²) >= 11 is 0. The second kappa shape index (κ2) is 9.54. The van der Waals surface area contributed by atoms with Crippen LogP contribution in [-0.4, -0.2) is 4.98 Å². The minimum Gasteiger partial charge on any atom is -0.436 e. The molecule has 5 heteroatoms. The first-order chi connectivity index (χ1) is 19.5. The molecule has 7 rings (SSSR count). The molecular formula is C35H20F3NO. The Labute approximate surface area is 228 Å². The average Bonchev–Trinajstić information content (AvgIpc) is 3.40. The maximum atomic E-state index is 13.6. The summed E-state index contributed by atoms with van der Waals surface area (Å²) in [5.41, 5.74) is 7.33. The highest BCUT2D eigenvalue weighted by molar-refractivity contribution is 5.91. The fraction of sp³-hybridized carbons (Fsp3) is 0. The van der Waals surface area contributed by atoms with E-state index in [1.165, 1.54) is 24.3 Å². The van der Waals surface area contributed by atoms with E-state index in [-0.39, 0.29) is 5.82 Å². The van der Waals surface area contributed by atoms with Crippen molar-refractivity contribution in [3.05, 3.63) is 139 Å². The van der Waals surface area contributed by atoms with Gasteiger partial charge in [0.2, 0.25) is 5.89 Å². The Hall–Kier alpha value is -5.16. The van der Waals surface area contributed by atoms with Crippen molar-refractivity contribution in [2.45, 2.75) is 0 Å². The summed E-state index contributed by atoms with van der Waals surface area (Å²) in [7, 11) is 0. The van der Waals surface area contributed by atoms with Gasteiger partial charge < -0.3 is 4.42 Å². The number of nitrogens with zero attached hydrogens (tertiary/aromatic N) is 1. The second-order valence-corrected chi connectivity index (χ2v) is 9.72. The van der Waals surface area contributed by atoms with Gasteiger partial charge in [-0.3, -0.25) is 0 Å². The number of halogens is 3. The van der Waals surface area contributed by atoms with Gasteiger partial charge in [0.15, 0.2) is 5.58 Å². The fourth-order valence-corrected chi connectivity index (χ4v) is 5.01. The van der Waals surface area contributed by atoms with E-state index in [1.54, 1.807) is 6.07 Å².